The van der Waals surface area contributed by atoms with Crippen LogP contribution in [-0.2, 0) is 0 Å². The van der Waals surface area contributed by atoms with Gasteiger partial charge in [0.15, 0.2) is 11.6 Å². The van der Waals surface area contributed by atoms with Crippen molar-refractivity contribution in [1.29, 1.82) is 0 Å². The highest BCUT2D eigenvalue weighted by atomic mass is 19.2. The van der Waals surface area contributed by atoms with Crippen molar-refractivity contribution in [3.8, 4) is 5.75 Å². The first-order valence-corrected chi connectivity index (χ1v) is 9.19. The molecule has 0 aromatic heterocycles. The van der Waals surface area contributed by atoms with Gasteiger partial charge in [0.1, 0.15) is 5.75 Å². The summed E-state index contributed by atoms with van der Waals surface area (Å²) in [6, 6.07) is 11.0. The molecular weight excluding hydrogens is 350 g/mol. The number of rotatable bonds is 6. The lowest BCUT2D eigenvalue weighted by molar-refractivity contribution is 0.0924. The monoisotopic (exact) mass is 374 g/mol. The van der Waals surface area contributed by atoms with Crippen molar-refractivity contribution in [1.82, 2.24) is 10.2 Å². The Morgan fingerprint density at radius 3 is 2.59 bits per heavy atom. The molecule has 4 nitrogen and oxygen atoms in total. The lowest BCUT2D eigenvalue weighted by Gasteiger charge is -2.35. The number of nitrogens with zero attached hydrogens (tertiary/aromatic N) is 1. The molecule has 1 N–H and O–H groups in total. The maximum Gasteiger partial charge on any atom is 0.251 e. The van der Waals surface area contributed by atoms with Gasteiger partial charge in [-0.1, -0.05) is 18.6 Å². The molecule has 1 saturated heterocycles. The number of benzene rings is 2. The van der Waals surface area contributed by atoms with Crippen molar-refractivity contribution in [2.75, 3.05) is 26.7 Å². The van der Waals surface area contributed by atoms with E-state index in [-0.39, 0.29) is 11.6 Å². The summed E-state index contributed by atoms with van der Waals surface area (Å²) in [6.45, 7) is 2.30. The Morgan fingerprint density at radius 1 is 1.11 bits per heavy atom. The van der Waals surface area contributed by atoms with Crippen molar-refractivity contribution in [2.45, 2.75) is 25.3 Å². The van der Waals surface area contributed by atoms with E-state index in [1.165, 1.54) is 12.5 Å². The maximum atomic E-state index is 13.4. The molecule has 1 fully saturated rings. The van der Waals surface area contributed by atoms with Crippen LogP contribution in [-0.4, -0.2) is 37.6 Å². The quantitative estimate of drug-likeness (QED) is 0.833. The van der Waals surface area contributed by atoms with Gasteiger partial charge in [-0.05, 0) is 61.8 Å². The molecule has 1 unspecified atom stereocenters. The van der Waals surface area contributed by atoms with Crippen LogP contribution in [0.3, 0.4) is 0 Å². The molecule has 1 heterocycles. The number of amides is 1. The average Bonchev–Trinajstić information content (AvgIpc) is 2.71. The molecule has 1 aliphatic rings. The van der Waals surface area contributed by atoms with Crippen LogP contribution < -0.4 is 10.1 Å². The second-order valence-corrected chi connectivity index (χ2v) is 6.73. The first kappa shape index (κ1) is 19.3. The van der Waals surface area contributed by atoms with E-state index in [0.717, 1.165) is 49.4 Å². The molecule has 1 aliphatic heterocycles. The third-order valence-corrected chi connectivity index (χ3v) is 4.95. The number of hydrogen-bond acceptors (Lipinski definition) is 3. The number of nitrogens with one attached hydrogen (secondary N) is 1. The van der Waals surface area contributed by atoms with Gasteiger partial charge in [0.25, 0.3) is 5.91 Å². The molecule has 6 heteroatoms. The Labute approximate surface area is 158 Å². The van der Waals surface area contributed by atoms with Crippen molar-refractivity contribution < 1.29 is 18.3 Å². The van der Waals surface area contributed by atoms with Crippen LogP contribution in [0.1, 0.15) is 41.2 Å². The molecule has 144 valence electrons. The number of halogens is 2. The highest BCUT2D eigenvalue weighted by Gasteiger charge is 2.23. The van der Waals surface area contributed by atoms with E-state index < -0.39 is 17.5 Å². The van der Waals surface area contributed by atoms with Crippen LogP contribution in [0.4, 0.5) is 8.78 Å². The van der Waals surface area contributed by atoms with Gasteiger partial charge in [0.2, 0.25) is 0 Å². The molecule has 0 spiro atoms. The minimum Gasteiger partial charge on any atom is -0.497 e. The Hall–Kier alpha value is -2.47. The van der Waals surface area contributed by atoms with Crippen molar-refractivity contribution in [3.05, 3.63) is 65.2 Å². The zero-order valence-corrected chi connectivity index (χ0v) is 15.4. The standard InChI is InChI=1S/C21H24F2N2O2/c1-27-17-7-5-6-15(12-17)20(25-10-3-2-4-11-25)14-24-21(26)16-8-9-18(22)19(23)13-16/h5-9,12-13,20H,2-4,10-11,14H2,1H3,(H,24,26). The Bertz CT molecular complexity index is 792. The van der Waals surface area contributed by atoms with Crippen molar-refractivity contribution in [3.63, 3.8) is 0 Å². The summed E-state index contributed by atoms with van der Waals surface area (Å²) in [7, 11) is 1.62. The lowest BCUT2D eigenvalue weighted by Crippen LogP contribution is -2.40. The predicted molar refractivity (Wildman–Crippen MR) is 99.9 cm³/mol. The van der Waals surface area contributed by atoms with Gasteiger partial charge in [-0.2, -0.15) is 0 Å². The van der Waals surface area contributed by atoms with Crippen LogP contribution in [0.15, 0.2) is 42.5 Å². The van der Waals surface area contributed by atoms with E-state index in [4.69, 9.17) is 4.74 Å². The van der Waals surface area contributed by atoms with Gasteiger partial charge in [0.05, 0.1) is 13.2 Å². The number of ether oxygens (including phenoxy) is 1. The maximum absolute atomic E-state index is 13.4. The summed E-state index contributed by atoms with van der Waals surface area (Å²) in [5.74, 6) is -1.64. The number of methoxy groups -OCH3 is 1. The summed E-state index contributed by atoms with van der Waals surface area (Å²) in [4.78, 5) is 14.8. The number of piperidine rings is 1. The number of likely N-dealkylation sites (tertiary alicyclic amines) is 1. The van der Waals surface area contributed by atoms with Crippen LogP contribution in [0.5, 0.6) is 5.75 Å². The minimum atomic E-state index is -1.02. The fraction of sp³-hybridized carbons (Fsp3) is 0.381. The zero-order valence-electron chi connectivity index (χ0n) is 15.4. The van der Waals surface area contributed by atoms with E-state index in [9.17, 15) is 13.6 Å². The molecule has 1 amide bonds. The van der Waals surface area contributed by atoms with Gasteiger partial charge < -0.3 is 10.1 Å². The highest BCUT2D eigenvalue weighted by molar-refractivity contribution is 5.94. The fourth-order valence-corrected chi connectivity index (χ4v) is 3.47. The number of carbonyl (C=O) groups excluding carboxylic acids is 1. The molecule has 27 heavy (non-hydrogen) atoms. The van der Waals surface area contributed by atoms with Gasteiger partial charge in [-0.25, -0.2) is 8.78 Å². The summed E-state index contributed by atoms with van der Waals surface area (Å²) in [5.41, 5.74) is 1.17. The fourth-order valence-electron chi connectivity index (χ4n) is 3.47. The number of carbonyl (C=O) groups is 1. The second kappa shape index (κ2) is 8.95. The first-order valence-electron chi connectivity index (χ1n) is 9.19. The van der Waals surface area contributed by atoms with E-state index in [0.29, 0.717) is 6.54 Å². The molecule has 1 atom stereocenters. The van der Waals surface area contributed by atoms with Gasteiger partial charge in [-0.3, -0.25) is 9.69 Å². The molecule has 0 aliphatic carbocycles. The Balaban J connectivity index is 1.76. The number of hydrogen-bond donors (Lipinski definition) is 1. The first-order chi connectivity index (χ1) is 13.1. The minimum absolute atomic E-state index is 0.00496. The van der Waals surface area contributed by atoms with Crippen LogP contribution in [0, 0.1) is 11.6 Å². The molecule has 0 radical (unpaired) electrons. The summed E-state index contributed by atoms with van der Waals surface area (Å²) >= 11 is 0. The zero-order chi connectivity index (χ0) is 19.2. The lowest BCUT2D eigenvalue weighted by atomic mass is 10.0. The van der Waals surface area contributed by atoms with Gasteiger partial charge >= 0.3 is 0 Å². The van der Waals surface area contributed by atoms with E-state index in [2.05, 4.69) is 10.2 Å². The smallest absolute Gasteiger partial charge is 0.251 e. The topological polar surface area (TPSA) is 41.6 Å². The third-order valence-electron chi connectivity index (χ3n) is 4.95. The largest absolute Gasteiger partial charge is 0.497 e. The Morgan fingerprint density at radius 2 is 1.89 bits per heavy atom. The predicted octanol–water partition coefficient (Wildman–Crippen LogP) is 3.93. The van der Waals surface area contributed by atoms with Gasteiger partial charge in [0, 0.05) is 12.1 Å². The van der Waals surface area contributed by atoms with E-state index in [1.54, 1.807) is 7.11 Å². The molecule has 0 bridgehead atoms. The van der Waals surface area contributed by atoms with Crippen LogP contribution in [0.2, 0.25) is 0 Å². The summed E-state index contributed by atoms with van der Waals surface area (Å²) in [5, 5.41) is 2.87. The summed E-state index contributed by atoms with van der Waals surface area (Å²) < 4.78 is 31.8. The normalized spacial score (nSPS) is 16.0. The van der Waals surface area contributed by atoms with Crippen LogP contribution >= 0.6 is 0 Å². The van der Waals surface area contributed by atoms with Crippen LogP contribution in [0.25, 0.3) is 0 Å². The van der Waals surface area contributed by atoms with E-state index >= 15 is 0 Å². The highest BCUT2D eigenvalue weighted by Crippen LogP contribution is 2.27. The molecule has 2 aromatic carbocycles. The average molecular weight is 374 g/mol. The molecule has 2 aromatic rings. The SMILES string of the molecule is COc1cccc(C(CNC(=O)c2ccc(F)c(F)c2)N2CCCCC2)c1. The Kier molecular flexibility index (Phi) is 6.40. The van der Waals surface area contributed by atoms with Crippen molar-refractivity contribution >= 4 is 5.91 Å². The molecule has 0 saturated carbocycles. The molecule has 3 rings (SSSR count). The third kappa shape index (κ3) is 4.83. The van der Waals surface area contributed by atoms with E-state index in [1.807, 2.05) is 24.3 Å². The van der Waals surface area contributed by atoms with Gasteiger partial charge in [-0.15, -0.1) is 0 Å². The summed E-state index contributed by atoms with van der Waals surface area (Å²) in [6.07, 6.45) is 3.46. The molecular formula is C21H24F2N2O2. The second-order valence-electron chi connectivity index (χ2n) is 6.73. The van der Waals surface area contributed by atoms with Crippen molar-refractivity contribution in [2.24, 2.45) is 0 Å².